The van der Waals surface area contributed by atoms with Crippen molar-refractivity contribution in [3.63, 3.8) is 0 Å². The van der Waals surface area contributed by atoms with E-state index in [0.717, 1.165) is 12.1 Å². The maximum atomic E-state index is 14.0. The van der Waals surface area contributed by atoms with Gasteiger partial charge in [-0.25, -0.2) is 13.8 Å². The molecule has 0 amide bonds. The predicted octanol–water partition coefficient (Wildman–Crippen LogP) is 2.92. The first kappa shape index (κ1) is 14.2. The lowest BCUT2D eigenvalue weighted by Crippen LogP contribution is -2.19. The van der Waals surface area contributed by atoms with Gasteiger partial charge in [0.25, 0.3) is 5.56 Å². The Hall–Kier alpha value is -2.76. The summed E-state index contributed by atoms with van der Waals surface area (Å²) < 4.78 is 28.4. The maximum absolute atomic E-state index is 14.0. The van der Waals surface area contributed by atoms with Crippen LogP contribution in [0.5, 0.6) is 0 Å². The van der Waals surface area contributed by atoms with Crippen LogP contribution in [0.2, 0.25) is 0 Å². The summed E-state index contributed by atoms with van der Waals surface area (Å²) in [5.41, 5.74) is 0.565. The molecule has 0 saturated carbocycles. The number of halogens is 2. The van der Waals surface area contributed by atoms with Crippen molar-refractivity contribution in [1.82, 2.24) is 9.55 Å². The molecular weight excluding hydrogens is 288 g/mol. The number of anilines is 1. The van der Waals surface area contributed by atoms with Crippen LogP contribution in [0.1, 0.15) is 0 Å². The Morgan fingerprint density at radius 1 is 1.14 bits per heavy atom. The van der Waals surface area contributed by atoms with Crippen LogP contribution < -0.4 is 10.9 Å². The summed E-state index contributed by atoms with van der Waals surface area (Å²) in [5.74, 6) is -0.821. The Morgan fingerprint density at radius 3 is 2.59 bits per heavy atom. The van der Waals surface area contributed by atoms with Crippen LogP contribution in [0, 0.1) is 11.6 Å². The smallest absolute Gasteiger partial charge is 0.258 e. The lowest BCUT2D eigenvalue weighted by Gasteiger charge is -2.10. The third kappa shape index (κ3) is 2.22. The molecule has 3 rings (SSSR count). The topological polar surface area (TPSA) is 46.9 Å². The Labute approximate surface area is 125 Å². The number of nitrogens with zero attached hydrogens (tertiary/aromatic N) is 2. The molecule has 3 aromatic rings. The number of aryl methyl sites for hydroxylation is 1. The van der Waals surface area contributed by atoms with Crippen LogP contribution in [0.15, 0.2) is 41.3 Å². The zero-order chi connectivity index (χ0) is 15.9. The van der Waals surface area contributed by atoms with E-state index in [0.29, 0.717) is 16.7 Å². The van der Waals surface area contributed by atoms with E-state index in [1.165, 1.54) is 10.6 Å². The van der Waals surface area contributed by atoms with Gasteiger partial charge in [-0.2, -0.15) is 0 Å². The summed E-state index contributed by atoms with van der Waals surface area (Å²) >= 11 is 0. The summed E-state index contributed by atoms with van der Waals surface area (Å²) in [4.78, 5) is 16.7. The van der Waals surface area contributed by atoms with Gasteiger partial charge in [0.15, 0.2) is 0 Å². The SMILES string of the molecule is CNc1cc2c(cn1)cc(-c1ccc(F)cc1F)c(=O)n2C. The van der Waals surface area contributed by atoms with Crippen LogP contribution in [-0.4, -0.2) is 16.6 Å². The number of hydrogen-bond acceptors (Lipinski definition) is 3. The Bertz CT molecular complexity index is 935. The average molecular weight is 301 g/mol. The van der Waals surface area contributed by atoms with Crippen molar-refractivity contribution in [1.29, 1.82) is 0 Å². The quantitative estimate of drug-likeness (QED) is 0.791. The number of nitrogens with one attached hydrogen (secondary N) is 1. The molecule has 0 bridgehead atoms. The van der Waals surface area contributed by atoms with Crippen molar-refractivity contribution in [2.24, 2.45) is 7.05 Å². The third-order valence-electron chi connectivity index (χ3n) is 3.59. The Morgan fingerprint density at radius 2 is 1.91 bits per heavy atom. The van der Waals surface area contributed by atoms with Gasteiger partial charge in [0.2, 0.25) is 0 Å². The Kier molecular flexibility index (Phi) is 3.36. The van der Waals surface area contributed by atoms with Gasteiger partial charge in [-0.05, 0) is 18.2 Å². The van der Waals surface area contributed by atoms with Gasteiger partial charge in [0.1, 0.15) is 17.5 Å². The lowest BCUT2D eigenvalue weighted by molar-refractivity contribution is 0.585. The summed E-state index contributed by atoms with van der Waals surface area (Å²) in [5, 5.41) is 3.59. The van der Waals surface area contributed by atoms with E-state index >= 15 is 0 Å². The van der Waals surface area contributed by atoms with Gasteiger partial charge in [0, 0.05) is 43.4 Å². The number of aromatic nitrogens is 2. The molecule has 0 unspecified atom stereocenters. The first-order valence-electron chi connectivity index (χ1n) is 6.64. The molecule has 0 aliphatic heterocycles. The van der Waals surface area contributed by atoms with Crippen molar-refractivity contribution in [3.8, 4) is 11.1 Å². The zero-order valence-corrected chi connectivity index (χ0v) is 12.0. The van der Waals surface area contributed by atoms with Crippen molar-refractivity contribution in [2.45, 2.75) is 0 Å². The molecule has 4 nitrogen and oxygen atoms in total. The van der Waals surface area contributed by atoms with E-state index in [9.17, 15) is 13.6 Å². The fourth-order valence-electron chi connectivity index (χ4n) is 2.40. The van der Waals surface area contributed by atoms with Gasteiger partial charge in [-0.3, -0.25) is 4.79 Å². The van der Waals surface area contributed by atoms with Gasteiger partial charge in [-0.1, -0.05) is 0 Å². The lowest BCUT2D eigenvalue weighted by atomic mass is 10.0. The van der Waals surface area contributed by atoms with Gasteiger partial charge in [-0.15, -0.1) is 0 Å². The number of fused-ring (bicyclic) bond motifs is 1. The van der Waals surface area contributed by atoms with Gasteiger partial charge >= 0.3 is 0 Å². The van der Waals surface area contributed by atoms with E-state index in [1.807, 2.05) is 0 Å². The number of hydrogen-bond donors (Lipinski definition) is 1. The van der Waals surface area contributed by atoms with Crippen molar-refractivity contribution >= 4 is 16.7 Å². The van der Waals surface area contributed by atoms with Gasteiger partial charge < -0.3 is 9.88 Å². The molecule has 1 N–H and O–H groups in total. The van der Waals surface area contributed by atoms with E-state index in [2.05, 4.69) is 10.3 Å². The molecule has 22 heavy (non-hydrogen) atoms. The molecule has 112 valence electrons. The minimum absolute atomic E-state index is 0.0709. The molecule has 0 radical (unpaired) electrons. The molecule has 0 aliphatic carbocycles. The number of rotatable bonds is 2. The van der Waals surface area contributed by atoms with E-state index in [1.54, 1.807) is 32.4 Å². The molecule has 0 saturated heterocycles. The number of pyridine rings is 2. The monoisotopic (exact) mass is 301 g/mol. The summed E-state index contributed by atoms with van der Waals surface area (Å²) in [6.07, 6.45) is 1.60. The average Bonchev–Trinajstić information content (AvgIpc) is 2.51. The first-order valence-corrected chi connectivity index (χ1v) is 6.64. The second-order valence-corrected chi connectivity index (χ2v) is 4.92. The minimum atomic E-state index is -0.767. The molecule has 0 aliphatic rings. The second kappa shape index (κ2) is 5.22. The second-order valence-electron chi connectivity index (χ2n) is 4.92. The van der Waals surface area contributed by atoms with Crippen LogP contribution in [-0.2, 0) is 7.05 Å². The third-order valence-corrected chi connectivity index (χ3v) is 3.59. The van der Waals surface area contributed by atoms with Crippen LogP contribution in [0.4, 0.5) is 14.6 Å². The highest BCUT2D eigenvalue weighted by Crippen LogP contribution is 2.24. The zero-order valence-electron chi connectivity index (χ0n) is 12.0. The first-order chi connectivity index (χ1) is 10.5. The van der Waals surface area contributed by atoms with Crippen molar-refractivity contribution in [2.75, 3.05) is 12.4 Å². The minimum Gasteiger partial charge on any atom is -0.373 e. The standard InChI is InChI=1S/C16H13F2N3O/c1-19-15-7-14-9(8-20-15)5-12(16(22)21(14)2)11-4-3-10(17)6-13(11)18/h3-8H,1-2H3,(H,19,20). The summed E-state index contributed by atoms with van der Waals surface area (Å²) in [6, 6.07) is 6.47. The predicted molar refractivity (Wildman–Crippen MR) is 81.9 cm³/mol. The fraction of sp³-hybridized carbons (Fsp3) is 0.125. The fourth-order valence-corrected chi connectivity index (χ4v) is 2.40. The van der Waals surface area contributed by atoms with Crippen LogP contribution >= 0.6 is 0 Å². The van der Waals surface area contributed by atoms with Crippen LogP contribution in [0.25, 0.3) is 22.0 Å². The molecule has 0 spiro atoms. The van der Waals surface area contributed by atoms with E-state index in [-0.39, 0.29) is 16.7 Å². The molecule has 0 atom stereocenters. The largest absolute Gasteiger partial charge is 0.373 e. The van der Waals surface area contributed by atoms with Crippen molar-refractivity contribution in [3.05, 3.63) is 58.5 Å². The highest BCUT2D eigenvalue weighted by Gasteiger charge is 2.13. The maximum Gasteiger partial charge on any atom is 0.258 e. The van der Waals surface area contributed by atoms with E-state index < -0.39 is 11.6 Å². The normalized spacial score (nSPS) is 10.9. The molecule has 0 fully saturated rings. The highest BCUT2D eigenvalue weighted by molar-refractivity contribution is 5.85. The summed E-state index contributed by atoms with van der Waals surface area (Å²) in [7, 11) is 3.34. The molecule has 1 aromatic carbocycles. The molecule has 6 heteroatoms. The highest BCUT2D eigenvalue weighted by atomic mass is 19.1. The van der Waals surface area contributed by atoms with Crippen molar-refractivity contribution < 1.29 is 8.78 Å². The number of benzene rings is 1. The van der Waals surface area contributed by atoms with Crippen LogP contribution in [0.3, 0.4) is 0 Å². The Balaban J connectivity index is 2.32. The molecule has 2 heterocycles. The van der Waals surface area contributed by atoms with Gasteiger partial charge in [0.05, 0.1) is 11.1 Å². The molecular formula is C16H13F2N3O. The summed E-state index contributed by atoms with van der Waals surface area (Å²) in [6.45, 7) is 0. The molecule has 2 aromatic heterocycles. The van der Waals surface area contributed by atoms with E-state index in [4.69, 9.17) is 0 Å².